The molecular formula is C93H92N18O11S5. The summed E-state index contributed by atoms with van der Waals surface area (Å²) < 4.78 is 136. The van der Waals surface area contributed by atoms with Crippen molar-refractivity contribution in [1.82, 2.24) is 56.2 Å². The van der Waals surface area contributed by atoms with Crippen LogP contribution in [-0.4, -0.2) is 203 Å². The normalized spacial score (nSPS) is 15.5. The number of sulfonamides is 5. The number of nitriles is 6. The molecule has 11 aromatic rings. The number of likely N-dealkylation sites (N-methyl/N-ethyl adjacent to an activating group) is 2. The zero-order chi connectivity index (χ0) is 90.9. The number of carbonyl (C=O) groups is 1. The number of piperidine rings is 2. The van der Waals surface area contributed by atoms with E-state index in [0.717, 1.165) is 52.6 Å². The third-order valence-corrected chi connectivity index (χ3v) is 30.3. The number of hydrogen-bond donors (Lipinski definition) is 0. The Kier molecular flexibility index (Phi) is 32.7. The van der Waals surface area contributed by atoms with Gasteiger partial charge in [-0.15, -0.1) is 0 Å². The van der Waals surface area contributed by atoms with Gasteiger partial charge in [-0.05, 0) is 193 Å². The van der Waals surface area contributed by atoms with E-state index in [1.165, 1.54) is 51.9 Å². The van der Waals surface area contributed by atoms with E-state index in [4.69, 9.17) is 31.6 Å². The van der Waals surface area contributed by atoms with Crippen molar-refractivity contribution in [3.63, 3.8) is 0 Å². The van der Waals surface area contributed by atoms with Crippen LogP contribution < -0.4 is 0 Å². The smallest absolute Gasteiger partial charge is 0.261 e. The molecule has 0 unspecified atom stereocenters. The van der Waals surface area contributed by atoms with Gasteiger partial charge >= 0.3 is 0 Å². The van der Waals surface area contributed by atoms with Crippen LogP contribution in [-0.2, 0) is 61.5 Å². The van der Waals surface area contributed by atoms with Crippen molar-refractivity contribution in [2.45, 2.75) is 89.6 Å². The van der Waals surface area contributed by atoms with E-state index in [-0.39, 0.29) is 43.4 Å². The summed E-state index contributed by atoms with van der Waals surface area (Å²) in [5.74, 6) is 0.0578. The minimum atomic E-state index is -3.80. The van der Waals surface area contributed by atoms with Crippen molar-refractivity contribution in [3.05, 3.63) is 276 Å². The summed E-state index contributed by atoms with van der Waals surface area (Å²) in [5, 5.41) is 53.6. The molecule has 15 rings (SSSR count). The van der Waals surface area contributed by atoms with Crippen LogP contribution in [0.2, 0.25) is 0 Å². The minimum absolute atomic E-state index is 0.000588. The molecule has 0 spiro atoms. The molecule has 0 saturated carbocycles. The molecule has 0 N–H and O–H groups in total. The van der Waals surface area contributed by atoms with E-state index in [1.807, 2.05) is 74.6 Å². The van der Waals surface area contributed by atoms with E-state index in [9.17, 15) is 46.9 Å². The number of Topliss-reactive ketones (excluding diaryl/α,β-unsaturated/α-hetero) is 1. The fourth-order valence-corrected chi connectivity index (χ4v) is 21.2. The lowest BCUT2D eigenvalue weighted by Crippen LogP contribution is -2.47. The summed E-state index contributed by atoms with van der Waals surface area (Å²) in [6.07, 6.45) is 5.18. The van der Waals surface area contributed by atoms with Crippen molar-refractivity contribution < 1.29 is 46.9 Å². The molecule has 0 aliphatic carbocycles. The van der Waals surface area contributed by atoms with Gasteiger partial charge in [0, 0.05) is 112 Å². The Morgan fingerprint density at radius 2 is 0.677 bits per heavy atom. The fourth-order valence-electron chi connectivity index (χ4n) is 14.0. The van der Waals surface area contributed by atoms with Gasteiger partial charge in [0.05, 0.1) is 92.7 Å². The summed E-state index contributed by atoms with van der Waals surface area (Å²) in [5.41, 5.74) is 10.2. The number of carbonyl (C=O) groups excluding carboxylic acids is 1. The number of hydrogen-bond acceptors (Lipinski definition) is 24. The maximum Gasteiger partial charge on any atom is 0.261 e. The van der Waals surface area contributed by atoms with Crippen LogP contribution in [0.3, 0.4) is 0 Å². The zero-order valence-corrected chi connectivity index (χ0v) is 74.3. The molecule has 4 aliphatic heterocycles. The minimum Gasteiger partial charge on any atom is -0.308 e. The van der Waals surface area contributed by atoms with Crippen molar-refractivity contribution in [1.29, 1.82) is 31.6 Å². The molecule has 29 nitrogen and oxygen atoms in total. The molecule has 9 heterocycles. The molecule has 1 atom stereocenters. The van der Waals surface area contributed by atoms with Gasteiger partial charge in [-0.25, -0.2) is 67.0 Å². The first kappa shape index (κ1) is 94.8. The second-order valence-electron chi connectivity index (χ2n) is 30.2. The largest absolute Gasteiger partial charge is 0.308 e. The maximum atomic E-state index is 13.4. The van der Waals surface area contributed by atoms with Crippen molar-refractivity contribution in [3.8, 4) is 92.7 Å². The first-order valence-corrected chi connectivity index (χ1v) is 47.9. The highest BCUT2D eigenvalue weighted by molar-refractivity contribution is 7.90. The first-order chi connectivity index (χ1) is 61.0. The number of nitrogens with zero attached hydrogens (tertiary/aromatic N) is 18. The molecule has 5 aromatic heterocycles. The molecule has 34 heteroatoms. The predicted molar refractivity (Wildman–Crippen MR) is 478 cm³/mol. The molecule has 4 aliphatic rings. The SMILES string of the molecule is CC(=O)C1CCN(S(=O)(=O)c2cccc(-c3ccc(C#N)cc3)n2)CC1.CN(C)CCN(Cc1ccccc1)S(=O)(=O)c1cccc(-c2ccc(C#N)cc2)n1.CN1CCN(S(=O)(=O)c2cccc(-c3ccc(C#N)cc3)n2)CC1.N#Cc1ccc(-c2cccc(S(=O)(=O)N3CCCCC3)n2)cc1.N#Cc1ccc(-c2cccc(S(=O)(=O)N3CCC[C@@H]3C#N)n2)cc1. The number of aromatic nitrogens is 5. The predicted octanol–water partition coefficient (Wildman–Crippen LogP) is 12.6. The van der Waals surface area contributed by atoms with E-state index in [1.54, 1.807) is 189 Å². The van der Waals surface area contributed by atoms with Gasteiger partial charge < -0.3 is 9.80 Å². The van der Waals surface area contributed by atoms with Crippen molar-refractivity contribution >= 4 is 55.9 Å². The molecule has 127 heavy (non-hydrogen) atoms. The Labute approximate surface area is 742 Å². The van der Waals surface area contributed by atoms with Crippen LogP contribution in [0.4, 0.5) is 0 Å². The number of rotatable bonds is 21. The molecule has 0 radical (unpaired) electrons. The number of ketones is 1. The third kappa shape index (κ3) is 24.6. The topological polar surface area (TPSA) is 418 Å². The Morgan fingerprint density at radius 3 is 1.01 bits per heavy atom. The van der Waals surface area contributed by atoms with E-state index in [0.29, 0.717) is 154 Å². The quantitative estimate of drug-likeness (QED) is 0.0644. The van der Waals surface area contributed by atoms with Crippen LogP contribution in [0.15, 0.2) is 268 Å². The third-order valence-electron chi connectivity index (χ3n) is 21.3. The molecule has 0 amide bonds. The first-order valence-electron chi connectivity index (χ1n) is 40.7. The number of benzene rings is 6. The monoisotopic (exact) mass is 1800 g/mol. The standard InChI is InChI=1S/C23H24N4O2S.C19H19N3O3S.C17H18N4O2S.C17H14N4O2S.C17H17N3O2S/c1-26(2)15-16-27(18-20-7-4-3-5-8-20)30(28,29)23-10-6-9-22(25-23)21-13-11-19(17-24)12-14-21;1-14(23)16-9-11-22(12-10-16)26(24,25)19-4-2-3-18(21-19)17-7-5-15(13-20)6-8-17;1-20-9-11-21(12-10-20)24(22,23)17-4-2-3-16(19-17)15-7-5-14(13-18)6-8-15;18-11-13-6-8-14(9-7-13)16-4-1-5-17(20-16)24(22,23)21-10-2-3-15(21)12-19;18-13-14-7-9-15(10-8-14)16-5-4-6-17(19-16)23(21,22)20-11-2-1-3-12-20/h3-14H,15-16,18H2,1-2H3;2-8,16H,9-12H2,1H3;2-8H,9-12H2,1H3;1,4-9,15H,2-3,10H2;4-10H,1-3,11-12H2/t;;;15-;/m...1./s1. The highest BCUT2D eigenvalue weighted by Gasteiger charge is 2.38. The lowest BCUT2D eigenvalue weighted by Gasteiger charge is -2.31. The Hall–Kier alpha value is -12.9. The summed E-state index contributed by atoms with van der Waals surface area (Å²) >= 11 is 0. The molecular weight excluding hydrogens is 1710 g/mol. The zero-order valence-electron chi connectivity index (χ0n) is 70.3. The lowest BCUT2D eigenvalue weighted by molar-refractivity contribution is -0.121. The summed E-state index contributed by atoms with van der Waals surface area (Å²) in [7, 11) is -12.6. The van der Waals surface area contributed by atoms with Crippen LogP contribution in [0.1, 0.15) is 85.3 Å². The second-order valence-corrected chi connectivity index (χ2v) is 39.6. The molecule has 0 bridgehead atoms. The lowest BCUT2D eigenvalue weighted by atomic mass is 9.95. The summed E-state index contributed by atoms with van der Waals surface area (Å²) in [6.45, 7) is 7.28. The molecule has 4 saturated heterocycles. The Morgan fingerprint density at radius 1 is 0.354 bits per heavy atom. The number of pyridine rings is 5. The average Bonchev–Trinajstić information content (AvgIpc) is 0.917. The second kappa shape index (κ2) is 43.9. The van der Waals surface area contributed by atoms with Crippen molar-refractivity contribution in [2.24, 2.45) is 5.92 Å². The maximum absolute atomic E-state index is 13.4. The van der Waals surface area contributed by atoms with Gasteiger partial charge in [-0.1, -0.05) is 128 Å². The molecule has 6 aromatic carbocycles. The fraction of sp³-hybridized carbons (Fsp3) is 0.269. The van der Waals surface area contributed by atoms with Gasteiger partial charge in [0.2, 0.25) is 0 Å². The van der Waals surface area contributed by atoms with E-state index in [2.05, 4.69) is 48.0 Å². The number of piperazine rings is 1. The van der Waals surface area contributed by atoms with Gasteiger partial charge in [0.25, 0.3) is 50.1 Å². The van der Waals surface area contributed by atoms with Crippen molar-refractivity contribution in [2.75, 3.05) is 93.1 Å². The van der Waals surface area contributed by atoms with E-state index >= 15 is 0 Å². The summed E-state index contributed by atoms with van der Waals surface area (Å²) in [6, 6.07) is 80.3. The Balaban J connectivity index is 0.000000154. The average molecular weight is 1800 g/mol. The molecule has 4 fully saturated rings. The van der Waals surface area contributed by atoms with Gasteiger partial charge in [0.1, 0.15) is 11.8 Å². The van der Waals surface area contributed by atoms with Gasteiger partial charge in [0.15, 0.2) is 25.1 Å². The van der Waals surface area contributed by atoms with Crippen LogP contribution >= 0.6 is 0 Å². The highest BCUT2D eigenvalue weighted by atomic mass is 32.2. The van der Waals surface area contributed by atoms with E-state index < -0.39 is 56.2 Å². The van der Waals surface area contributed by atoms with Gasteiger partial charge in [-0.2, -0.15) is 53.1 Å². The molecule has 650 valence electrons. The summed E-state index contributed by atoms with van der Waals surface area (Å²) in [4.78, 5) is 37.2. The van der Waals surface area contributed by atoms with Crippen LogP contribution in [0, 0.1) is 73.9 Å². The van der Waals surface area contributed by atoms with Crippen LogP contribution in [0.25, 0.3) is 56.3 Å². The highest BCUT2D eigenvalue weighted by Crippen LogP contribution is 2.32. The van der Waals surface area contributed by atoms with Crippen LogP contribution in [0.5, 0.6) is 0 Å². The Bertz CT molecular complexity index is 6560. The van der Waals surface area contributed by atoms with Gasteiger partial charge in [-0.3, -0.25) is 4.79 Å².